The number of nitrogens with one attached hydrogen (secondary N) is 2. The number of carboxylic acid groups (broad SMARTS) is 1. The van der Waals surface area contributed by atoms with Crippen molar-refractivity contribution in [1.29, 1.82) is 0 Å². The van der Waals surface area contributed by atoms with Crippen LogP contribution in [0.4, 0.5) is 10.5 Å². The van der Waals surface area contributed by atoms with Gasteiger partial charge in [-0.25, -0.2) is 9.59 Å². The number of urea groups is 1. The summed E-state index contributed by atoms with van der Waals surface area (Å²) in [6.07, 6.45) is 3.06. The molecule has 6 nitrogen and oxygen atoms in total. The number of hydrogen-bond acceptors (Lipinski definition) is 3. The molecule has 0 saturated heterocycles. The molecule has 0 aliphatic heterocycles. The van der Waals surface area contributed by atoms with Crippen LogP contribution in [0.2, 0.25) is 0 Å². The molecule has 1 unspecified atom stereocenters. The van der Waals surface area contributed by atoms with Crippen LogP contribution in [0.1, 0.15) is 20.8 Å². The first-order chi connectivity index (χ1) is 8.30. The predicted molar refractivity (Wildman–Crippen MR) is 67.3 cm³/mol. The van der Waals surface area contributed by atoms with Crippen LogP contribution in [-0.4, -0.2) is 28.1 Å². The van der Waals surface area contributed by atoms with Crippen LogP contribution in [0.25, 0.3) is 0 Å². The molecule has 0 spiro atoms. The maximum Gasteiger partial charge on any atom is 0.326 e. The van der Waals surface area contributed by atoms with Crippen LogP contribution in [-0.2, 0) is 4.79 Å². The Labute approximate surface area is 105 Å². The van der Waals surface area contributed by atoms with Crippen molar-refractivity contribution in [2.75, 3.05) is 5.32 Å². The molecule has 1 heterocycles. The van der Waals surface area contributed by atoms with Crippen molar-refractivity contribution in [3.63, 3.8) is 0 Å². The van der Waals surface area contributed by atoms with E-state index in [0.717, 1.165) is 0 Å². The average molecular weight is 251 g/mol. The molecule has 0 radical (unpaired) electrons. The Kier molecular flexibility index (Phi) is 4.25. The summed E-state index contributed by atoms with van der Waals surface area (Å²) in [6.45, 7) is 5.24. The van der Waals surface area contributed by atoms with Crippen molar-refractivity contribution in [1.82, 2.24) is 10.3 Å². The molecule has 0 saturated carbocycles. The minimum atomic E-state index is -1.07. The highest BCUT2D eigenvalue weighted by molar-refractivity contribution is 5.92. The van der Waals surface area contributed by atoms with E-state index in [1.807, 2.05) is 0 Å². The number of aromatic nitrogens is 1. The summed E-state index contributed by atoms with van der Waals surface area (Å²) in [5.74, 6) is -1.07. The van der Waals surface area contributed by atoms with E-state index >= 15 is 0 Å². The van der Waals surface area contributed by atoms with E-state index in [-0.39, 0.29) is 0 Å². The summed E-state index contributed by atoms with van der Waals surface area (Å²) < 4.78 is 0. The number of anilines is 1. The summed E-state index contributed by atoms with van der Waals surface area (Å²) in [5, 5.41) is 14.0. The minimum Gasteiger partial charge on any atom is -0.480 e. The van der Waals surface area contributed by atoms with Gasteiger partial charge in [-0.2, -0.15) is 0 Å². The zero-order chi connectivity index (χ0) is 13.8. The molecule has 1 atom stereocenters. The lowest BCUT2D eigenvalue weighted by molar-refractivity contribution is -0.141. The van der Waals surface area contributed by atoms with Crippen LogP contribution in [0.3, 0.4) is 0 Å². The zero-order valence-corrected chi connectivity index (χ0v) is 10.6. The highest BCUT2D eigenvalue weighted by Gasteiger charge is 2.32. The SMILES string of the molecule is CC(C)(C)C(NC(=O)Nc1cccnc1)C(=O)O. The van der Waals surface area contributed by atoms with Gasteiger partial charge in [-0.05, 0) is 17.5 Å². The van der Waals surface area contributed by atoms with Crippen LogP contribution >= 0.6 is 0 Å². The molecule has 98 valence electrons. The number of hydrogen-bond donors (Lipinski definition) is 3. The number of amides is 2. The first-order valence-electron chi connectivity index (χ1n) is 5.51. The monoisotopic (exact) mass is 251 g/mol. The van der Waals surface area contributed by atoms with Gasteiger partial charge in [0, 0.05) is 6.20 Å². The van der Waals surface area contributed by atoms with E-state index in [0.29, 0.717) is 5.69 Å². The van der Waals surface area contributed by atoms with E-state index in [9.17, 15) is 9.59 Å². The number of carbonyl (C=O) groups excluding carboxylic acids is 1. The van der Waals surface area contributed by atoms with Gasteiger partial charge in [0.1, 0.15) is 6.04 Å². The molecule has 1 aromatic rings. The largest absolute Gasteiger partial charge is 0.480 e. The minimum absolute atomic E-state index is 0.507. The van der Waals surface area contributed by atoms with Crippen molar-refractivity contribution in [2.24, 2.45) is 5.41 Å². The highest BCUT2D eigenvalue weighted by Crippen LogP contribution is 2.19. The van der Waals surface area contributed by atoms with Crippen LogP contribution < -0.4 is 10.6 Å². The number of rotatable bonds is 3. The van der Waals surface area contributed by atoms with Crippen molar-refractivity contribution >= 4 is 17.7 Å². The maximum atomic E-state index is 11.7. The summed E-state index contributed by atoms with van der Waals surface area (Å²) >= 11 is 0. The average Bonchev–Trinajstić information content (AvgIpc) is 2.25. The molecule has 18 heavy (non-hydrogen) atoms. The Morgan fingerprint density at radius 1 is 1.39 bits per heavy atom. The lowest BCUT2D eigenvalue weighted by Crippen LogP contribution is -2.50. The summed E-state index contributed by atoms with van der Waals surface area (Å²) in [7, 11) is 0. The second-order valence-corrected chi connectivity index (χ2v) is 4.98. The molecule has 0 fully saturated rings. The van der Waals surface area contributed by atoms with Crippen molar-refractivity contribution < 1.29 is 14.7 Å². The quantitative estimate of drug-likeness (QED) is 0.762. The van der Waals surface area contributed by atoms with Gasteiger partial charge in [0.15, 0.2) is 0 Å². The molecule has 6 heteroatoms. The molecule has 0 aromatic carbocycles. The van der Waals surface area contributed by atoms with Crippen molar-refractivity contribution in [3.05, 3.63) is 24.5 Å². The maximum absolute atomic E-state index is 11.7. The van der Waals surface area contributed by atoms with Gasteiger partial charge in [-0.1, -0.05) is 20.8 Å². The number of pyridine rings is 1. The number of carbonyl (C=O) groups is 2. The Hall–Kier alpha value is -2.11. The zero-order valence-electron chi connectivity index (χ0n) is 10.6. The third-order valence-corrected chi connectivity index (χ3v) is 2.31. The second-order valence-electron chi connectivity index (χ2n) is 4.98. The molecule has 1 aromatic heterocycles. The Bertz CT molecular complexity index is 426. The lowest BCUT2D eigenvalue weighted by atomic mass is 9.87. The summed E-state index contributed by atoms with van der Waals surface area (Å²) in [5.41, 5.74) is -0.0639. The van der Waals surface area contributed by atoms with E-state index in [1.165, 1.54) is 6.20 Å². The van der Waals surface area contributed by atoms with Gasteiger partial charge in [0.05, 0.1) is 11.9 Å². The van der Waals surface area contributed by atoms with E-state index < -0.39 is 23.5 Å². The standard InChI is InChI=1S/C12H17N3O3/c1-12(2,3)9(10(16)17)15-11(18)14-8-5-4-6-13-7-8/h4-7,9H,1-3H3,(H,16,17)(H2,14,15,18). The summed E-state index contributed by atoms with van der Waals surface area (Å²) in [6, 6.07) is 1.81. The van der Waals surface area contributed by atoms with Crippen molar-refractivity contribution in [2.45, 2.75) is 26.8 Å². The molecule has 0 aliphatic rings. The molecular weight excluding hydrogens is 234 g/mol. The number of nitrogens with zero attached hydrogens (tertiary/aromatic N) is 1. The normalized spacial score (nSPS) is 12.6. The fourth-order valence-corrected chi connectivity index (χ4v) is 1.38. The van der Waals surface area contributed by atoms with Crippen LogP contribution in [0.15, 0.2) is 24.5 Å². The van der Waals surface area contributed by atoms with Crippen molar-refractivity contribution in [3.8, 4) is 0 Å². The van der Waals surface area contributed by atoms with E-state index in [1.54, 1.807) is 39.1 Å². The summed E-state index contributed by atoms with van der Waals surface area (Å²) in [4.78, 5) is 26.6. The molecule has 3 N–H and O–H groups in total. The van der Waals surface area contributed by atoms with E-state index in [4.69, 9.17) is 5.11 Å². The molecule has 0 aliphatic carbocycles. The third kappa shape index (κ3) is 4.04. The Morgan fingerprint density at radius 3 is 2.50 bits per heavy atom. The lowest BCUT2D eigenvalue weighted by Gasteiger charge is -2.27. The Morgan fingerprint density at radius 2 is 2.06 bits per heavy atom. The molecule has 0 bridgehead atoms. The van der Waals surface area contributed by atoms with Gasteiger partial charge in [0.25, 0.3) is 0 Å². The molecular formula is C12H17N3O3. The first kappa shape index (κ1) is 14.0. The molecule has 1 rings (SSSR count). The fourth-order valence-electron chi connectivity index (χ4n) is 1.38. The van der Waals surface area contributed by atoms with Gasteiger partial charge < -0.3 is 15.7 Å². The van der Waals surface area contributed by atoms with Gasteiger partial charge in [0.2, 0.25) is 0 Å². The van der Waals surface area contributed by atoms with Gasteiger partial charge >= 0.3 is 12.0 Å². The smallest absolute Gasteiger partial charge is 0.326 e. The first-order valence-corrected chi connectivity index (χ1v) is 5.51. The molecule has 2 amide bonds. The Balaban J connectivity index is 2.66. The van der Waals surface area contributed by atoms with Gasteiger partial charge in [-0.3, -0.25) is 4.98 Å². The van der Waals surface area contributed by atoms with E-state index in [2.05, 4.69) is 15.6 Å². The fraction of sp³-hybridized carbons (Fsp3) is 0.417. The van der Waals surface area contributed by atoms with Crippen LogP contribution in [0, 0.1) is 5.41 Å². The predicted octanol–water partition coefficient (Wildman–Crippen LogP) is 1.70. The van der Waals surface area contributed by atoms with Gasteiger partial charge in [-0.15, -0.1) is 0 Å². The third-order valence-electron chi connectivity index (χ3n) is 2.31. The second kappa shape index (κ2) is 5.48. The highest BCUT2D eigenvalue weighted by atomic mass is 16.4. The number of carboxylic acids is 1. The number of aliphatic carboxylic acids is 1. The van der Waals surface area contributed by atoms with Crippen LogP contribution in [0.5, 0.6) is 0 Å². The topological polar surface area (TPSA) is 91.3 Å².